The van der Waals surface area contributed by atoms with Crippen molar-refractivity contribution in [2.24, 2.45) is 0 Å². The molecule has 1 unspecified atom stereocenters. The maximum absolute atomic E-state index is 8.98. The fourth-order valence-corrected chi connectivity index (χ4v) is 3.66. The zero-order chi connectivity index (χ0) is 10.8. The maximum Gasteiger partial charge on any atom is 0.0505 e. The van der Waals surface area contributed by atoms with Gasteiger partial charge in [0.25, 0.3) is 0 Å². The fourth-order valence-electron chi connectivity index (χ4n) is 1.82. The molecule has 0 saturated heterocycles. The number of hydrogen-bond acceptors (Lipinski definition) is 3. The highest BCUT2D eigenvalue weighted by Crippen LogP contribution is 2.38. The molecule has 1 heterocycles. The molecule has 1 N–H and O–H groups in total. The summed E-state index contributed by atoms with van der Waals surface area (Å²) in [6, 6.07) is 6.81. The maximum atomic E-state index is 8.98. The minimum Gasteiger partial charge on any atom is -0.396 e. The Morgan fingerprint density at radius 2 is 2.40 bits per heavy atom. The molecule has 1 aliphatic heterocycles. The molecule has 0 aromatic heterocycles. The third-order valence-electron chi connectivity index (χ3n) is 2.74. The van der Waals surface area contributed by atoms with Gasteiger partial charge in [0, 0.05) is 34.8 Å². The standard InChI is InChI=1S/C11H14BrNOS/c1-13-9(4-5-14)7-15-11-6-8(12)2-3-10(11)13/h2-3,6,9,14H,4-5,7H2,1H3. The summed E-state index contributed by atoms with van der Waals surface area (Å²) in [7, 11) is 2.10. The number of hydrogen-bond donors (Lipinski definition) is 1. The number of halogens is 1. The highest BCUT2D eigenvalue weighted by Gasteiger charge is 2.23. The van der Waals surface area contributed by atoms with Gasteiger partial charge in [0.2, 0.25) is 0 Å². The van der Waals surface area contributed by atoms with E-state index in [0.29, 0.717) is 6.04 Å². The zero-order valence-electron chi connectivity index (χ0n) is 8.61. The van der Waals surface area contributed by atoms with Crippen molar-refractivity contribution in [1.82, 2.24) is 0 Å². The molecule has 0 aliphatic carbocycles. The largest absolute Gasteiger partial charge is 0.396 e. The number of aliphatic hydroxyl groups excluding tert-OH is 1. The van der Waals surface area contributed by atoms with E-state index >= 15 is 0 Å². The van der Waals surface area contributed by atoms with Gasteiger partial charge in [-0.1, -0.05) is 15.9 Å². The smallest absolute Gasteiger partial charge is 0.0505 e. The van der Waals surface area contributed by atoms with Crippen LogP contribution in [0, 0.1) is 0 Å². The lowest BCUT2D eigenvalue weighted by atomic mass is 10.2. The number of aliphatic hydroxyl groups is 1. The molecule has 0 amide bonds. The average molecular weight is 288 g/mol. The molecule has 1 atom stereocenters. The van der Waals surface area contributed by atoms with Crippen molar-refractivity contribution in [2.75, 3.05) is 24.3 Å². The van der Waals surface area contributed by atoms with Crippen LogP contribution in [0.15, 0.2) is 27.6 Å². The molecular weight excluding hydrogens is 274 g/mol. The summed E-state index contributed by atoms with van der Waals surface area (Å²) < 4.78 is 1.13. The molecule has 1 aromatic rings. The first kappa shape index (κ1) is 11.3. The van der Waals surface area contributed by atoms with Crippen LogP contribution in [0.4, 0.5) is 5.69 Å². The molecule has 0 fully saturated rings. The first-order valence-electron chi connectivity index (χ1n) is 4.98. The molecule has 0 bridgehead atoms. The van der Waals surface area contributed by atoms with E-state index in [-0.39, 0.29) is 6.61 Å². The van der Waals surface area contributed by atoms with E-state index in [1.807, 2.05) is 11.8 Å². The quantitative estimate of drug-likeness (QED) is 0.905. The van der Waals surface area contributed by atoms with Gasteiger partial charge in [0.15, 0.2) is 0 Å². The Balaban J connectivity index is 2.26. The zero-order valence-corrected chi connectivity index (χ0v) is 11.0. The Morgan fingerprint density at radius 3 is 3.13 bits per heavy atom. The van der Waals surface area contributed by atoms with Crippen molar-refractivity contribution in [3.8, 4) is 0 Å². The van der Waals surface area contributed by atoms with Crippen LogP contribution in [-0.2, 0) is 0 Å². The highest BCUT2D eigenvalue weighted by atomic mass is 79.9. The van der Waals surface area contributed by atoms with E-state index in [1.54, 1.807) is 0 Å². The van der Waals surface area contributed by atoms with Crippen LogP contribution in [0.5, 0.6) is 0 Å². The molecule has 4 heteroatoms. The summed E-state index contributed by atoms with van der Waals surface area (Å²) in [5, 5.41) is 8.98. The number of benzene rings is 1. The van der Waals surface area contributed by atoms with Crippen LogP contribution in [-0.4, -0.2) is 30.6 Å². The summed E-state index contributed by atoms with van der Waals surface area (Å²) >= 11 is 5.36. The third-order valence-corrected chi connectivity index (χ3v) is 4.43. The van der Waals surface area contributed by atoms with Gasteiger partial charge < -0.3 is 10.0 Å². The molecule has 0 saturated carbocycles. The van der Waals surface area contributed by atoms with Gasteiger partial charge in [-0.05, 0) is 24.6 Å². The Kier molecular flexibility index (Phi) is 3.59. The number of rotatable bonds is 2. The van der Waals surface area contributed by atoms with Gasteiger partial charge in [0.05, 0.1) is 5.69 Å². The second kappa shape index (κ2) is 4.76. The lowest BCUT2D eigenvalue weighted by molar-refractivity contribution is 0.278. The minimum absolute atomic E-state index is 0.265. The SMILES string of the molecule is CN1c2ccc(Br)cc2SCC1CCO. The van der Waals surface area contributed by atoms with E-state index in [1.165, 1.54) is 10.6 Å². The van der Waals surface area contributed by atoms with Crippen LogP contribution >= 0.6 is 27.7 Å². The van der Waals surface area contributed by atoms with Crippen molar-refractivity contribution >= 4 is 33.4 Å². The van der Waals surface area contributed by atoms with E-state index in [4.69, 9.17) is 5.11 Å². The molecular formula is C11H14BrNOS. The molecule has 1 aliphatic rings. The topological polar surface area (TPSA) is 23.5 Å². The van der Waals surface area contributed by atoms with Gasteiger partial charge in [0.1, 0.15) is 0 Å². The highest BCUT2D eigenvalue weighted by molar-refractivity contribution is 9.10. The Morgan fingerprint density at radius 1 is 1.60 bits per heavy atom. The lowest BCUT2D eigenvalue weighted by Gasteiger charge is -2.35. The molecule has 2 rings (SSSR count). The number of thioether (sulfide) groups is 1. The van der Waals surface area contributed by atoms with Gasteiger partial charge in [-0.3, -0.25) is 0 Å². The van der Waals surface area contributed by atoms with E-state index in [2.05, 4.69) is 46.1 Å². The van der Waals surface area contributed by atoms with Crippen LogP contribution in [0.2, 0.25) is 0 Å². The Hall–Kier alpha value is -0.190. The molecule has 0 radical (unpaired) electrons. The predicted molar refractivity (Wildman–Crippen MR) is 68.8 cm³/mol. The fraction of sp³-hybridized carbons (Fsp3) is 0.455. The second-order valence-corrected chi connectivity index (χ2v) is 5.68. The number of fused-ring (bicyclic) bond motifs is 1. The van der Waals surface area contributed by atoms with E-state index in [0.717, 1.165) is 16.6 Å². The molecule has 15 heavy (non-hydrogen) atoms. The summed E-state index contributed by atoms with van der Waals surface area (Å²) in [6.45, 7) is 0.265. The molecule has 82 valence electrons. The Labute approximate surface area is 103 Å². The first-order chi connectivity index (χ1) is 7.22. The molecule has 1 aromatic carbocycles. The monoisotopic (exact) mass is 287 g/mol. The summed E-state index contributed by atoms with van der Waals surface area (Å²) in [5.41, 5.74) is 1.27. The minimum atomic E-state index is 0.265. The van der Waals surface area contributed by atoms with Crippen LogP contribution in [0.1, 0.15) is 6.42 Å². The van der Waals surface area contributed by atoms with Crippen LogP contribution < -0.4 is 4.90 Å². The summed E-state index contributed by atoms with van der Waals surface area (Å²) in [6.07, 6.45) is 0.846. The van der Waals surface area contributed by atoms with E-state index < -0.39 is 0 Å². The predicted octanol–water partition coefficient (Wildman–Crippen LogP) is 2.74. The van der Waals surface area contributed by atoms with Gasteiger partial charge in [-0.15, -0.1) is 11.8 Å². The van der Waals surface area contributed by atoms with Gasteiger partial charge in [-0.2, -0.15) is 0 Å². The van der Waals surface area contributed by atoms with Crippen LogP contribution in [0.3, 0.4) is 0 Å². The van der Waals surface area contributed by atoms with Gasteiger partial charge in [-0.25, -0.2) is 0 Å². The average Bonchev–Trinajstić information content (AvgIpc) is 2.22. The van der Waals surface area contributed by atoms with Gasteiger partial charge >= 0.3 is 0 Å². The third kappa shape index (κ3) is 2.32. The summed E-state index contributed by atoms with van der Waals surface area (Å²) in [4.78, 5) is 3.59. The Bertz CT molecular complexity index is 358. The van der Waals surface area contributed by atoms with Crippen molar-refractivity contribution in [1.29, 1.82) is 0 Å². The normalized spacial score (nSPS) is 20.2. The van der Waals surface area contributed by atoms with Crippen molar-refractivity contribution in [3.63, 3.8) is 0 Å². The lowest BCUT2D eigenvalue weighted by Crippen LogP contribution is -2.37. The van der Waals surface area contributed by atoms with Crippen molar-refractivity contribution < 1.29 is 5.11 Å². The number of anilines is 1. The number of nitrogens with zero attached hydrogens (tertiary/aromatic N) is 1. The van der Waals surface area contributed by atoms with Crippen molar-refractivity contribution in [2.45, 2.75) is 17.4 Å². The van der Waals surface area contributed by atoms with Crippen LogP contribution in [0.25, 0.3) is 0 Å². The van der Waals surface area contributed by atoms with Crippen molar-refractivity contribution in [3.05, 3.63) is 22.7 Å². The summed E-state index contributed by atoms with van der Waals surface area (Å²) in [5.74, 6) is 1.06. The second-order valence-electron chi connectivity index (χ2n) is 3.70. The van der Waals surface area contributed by atoms with E-state index in [9.17, 15) is 0 Å². The molecule has 2 nitrogen and oxygen atoms in total. The first-order valence-corrected chi connectivity index (χ1v) is 6.76. The molecule has 0 spiro atoms.